The molecule has 0 spiro atoms. The average Bonchev–Trinajstić information content (AvgIpc) is 2.73. The number of rotatable bonds is 7. The van der Waals surface area contributed by atoms with E-state index in [1.54, 1.807) is 0 Å². The Morgan fingerprint density at radius 3 is 2.68 bits per heavy atom. The van der Waals surface area contributed by atoms with Crippen LogP contribution in [0.4, 0.5) is 8.78 Å². The van der Waals surface area contributed by atoms with Gasteiger partial charge in [-0.15, -0.1) is 0 Å². The summed E-state index contributed by atoms with van der Waals surface area (Å²) in [4.78, 5) is 12.3. The number of hydrogen-bond acceptors (Lipinski definition) is 6. The number of carbonyl (C=O) groups is 1. The van der Waals surface area contributed by atoms with Gasteiger partial charge < -0.3 is 20.7 Å². The Kier molecular flexibility index (Phi) is 5.62. The normalized spacial score (nSPS) is 36.8. The summed E-state index contributed by atoms with van der Waals surface area (Å²) in [7, 11) is 0. The number of hydrogen-bond donors (Lipinski definition) is 5. The average molecular weight is 436 g/mol. The Labute approximate surface area is 181 Å². The van der Waals surface area contributed by atoms with E-state index in [0.717, 1.165) is 57.6 Å². The summed E-state index contributed by atoms with van der Waals surface area (Å²) < 4.78 is 31.5. The fourth-order valence-electron chi connectivity index (χ4n) is 5.87. The minimum Gasteiger partial charge on any atom is -0.484 e. The number of halogens is 2. The minimum atomic E-state index is -0.988. The molecular formula is C22H31F2N5O2. The fourth-order valence-corrected chi connectivity index (χ4v) is 5.87. The third kappa shape index (κ3) is 4.41. The minimum absolute atomic E-state index is 0.0975. The van der Waals surface area contributed by atoms with Gasteiger partial charge in [0.2, 0.25) is 0 Å². The lowest BCUT2D eigenvalue weighted by molar-refractivity contribution is -0.145. The highest BCUT2D eigenvalue weighted by molar-refractivity contribution is 5.79. The van der Waals surface area contributed by atoms with Crippen molar-refractivity contribution in [1.29, 1.82) is 0 Å². The zero-order chi connectivity index (χ0) is 21.5. The van der Waals surface area contributed by atoms with E-state index in [4.69, 9.17) is 4.74 Å². The van der Waals surface area contributed by atoms with Gasteiger partial charge in [-0.2, -0.15) is 0 Å². The molecule has 31 heavy (non-hydrogen) atoms. The van der Waals surface area contributed by atoms with Crippen molar-refractivity contribution in [3.63, 3.8) is 0 Å². The number of piperidine rings is 1. The van der Waals surface area contributed by atoms with Crippen LogP contribution in [0, 0.1) is 17.6 Å². The van der Waals surface area contributed by atoms with E-state index in [9.17, 15) is 13.6 Å². The zero-order valence-corrected chi connectivity index (χ0v) is 17.6. The molecule has 2 bridgehead atoms. The van der Waals surface area contributed by atoms with E-state index in [1.807, 2.05) is 0 Å². The maximum absolute atomic E-state index is 13.2. The molecule has 5 N–H and O–H groups in total. The number of ether oxygens (including phenoxy) is 1. The lowest BCUT2D eigenvalue weighted by Gasteiger charge is -2.71. The van der Waals surface area contributed by atoms with Crippen LogP contribution in [0.5, 0.6) is 5.75 Å². The number of carbonyl (C=O) groups excluding carboxylic acids is 1. The second-order valence-electron chi connectivity index (χ2n) is 9.74. The van der Waals surface area contributed by atoms with Crippen LogP contribution in [0.3, 0.4) is 0 Å². The smallest absolute Gasteiger partial charge is 0.258 e. The van der Waals surface area contributed by atoms with Gasteiger partial charge in [0.05, 0.1) is 6.17 Å². The second-order valence-corrected chi connectivity index (χ2v) is 9.74. The number of piperazine rings is 1. The molecule has 5 fully saturated rings. The SMILES string of the molecule is O=C(COc1ccc(F)c(F)c1)NC12CC(NC3CNCC(C4CCCNC4)N3)(C1)C2. The first-order valence-electron chi connectivity index (χ1n) is 11.3. The molecular weight excluding hydrogens is 404 g/mol. The first-order valence-corrected chi connectivity index (χ1v) is 11.3. The third-order valence-electron chi connectivity index (χ3n) is 7.21. The predicted octanol–water partition coefficient (Wildman–Crippen LogP) is 0.612. The van der Waals surface area contributed by atoms with Crippen molar-refractivity contribution < 1.29 is 18.3 Å². The van der Waals surface area contributed by atoms with E-state index >= 15 is 0 Å². The summed E-state index contributed by atoms with van der Waals surface area (Å²) in [6, 6.07) is 3.73. The third-order valence-corrected chi connectivity index (χ3v) is 7.21. The molecule has 1 aromatic rings. The van der Waals surface area contributed by atoms with Crippen molar-refractivity contribution in [3.8, 4) is 5.75 Å². The molecule has 3 aliphatic carbocycles. The highest BCUT2D eigenvalue weighted by Gasteiger charge is 2.68. The molecule has 7 nitrogen and oxygen atoms in total. The van der Waals surface area contributed by atoms with Gasteiger partial charge in [-0.25, -0.2) is 8.78 Å². The Bertz CT molecular complexity index is 812. The van der Waals surface area contributed by atoms with Crippen LogP contribution in [0.2, 0.25) is 0 Å². The van der Waals surface area contributed by atoms with Crippen molar-refractivity contribution in [2.45, 2.75) is 55.4 Å². The van der Waals surface area contributed by atoms with Crippen LogP contribution in [-0.2, 0) is 4.79 Å². The molecule has 3 atom stereocenters. The van der Waals surface area contributed by atoms with Gasteiger partial charge in [-0.05, 0) is 63.2 Å². The molecule has 1 aromatic carbocycles. The first-order chi connectivity index (χ1) is 14.9. The maximum Gasteiger partial charge on any atom is 0.258 e. The fraction of sp³-hybridized carbons (Fsp3) is 0.682. The molecule has 3 saturated carbocycles. The van der Waals surface area contributed by atoms with E-state index < -0.39 is 11.6 Å². The first kappa shape index (κ1) is 21.1. The predicted molar refractivity (Wildman–Crippen MR) is 112 cm³/mol. The highest BCUT2D eigenvalue weighted by atomic mass is 19.2. The molecule has 0 aromatic heterocycles. The van der Waals surface area contributed by atoms with Crippen molar-refractivity contribution in [3.05, 3.63) is 29.8 Å². The van der Waals surface area contributed by atoms with Gasteiger partial charge in [0.1, 0.15) is 5.75 Å². The summed E-state index contributed by atoms with van der Waals surface area (Å²) in [5.74, 6) is -1.35. The molecule has 9 heteroatoms. The van der Waals surface area contributed by atoms with Gasteiger partial charge in [0, 0.05) is 36.3 Å². The van der Waals surface area contributed by atoms with E-state index in [2.05, 4.69) is 26.6 Å². The van der Waals surface area contributed by atoms with Crippen molar-refractivity contribution >= 4 is 5.91 Å². The zero-order valence-electron chi connectivity index (χ0n) is 17.6. The highest BCUT2D eigenvalue weighted by Crippen LogP contribution is 2.60. The lowest BCUT2D eigenvalue weighted by atomic mass is 9.44. The second kappa shape index (κ2) is 8.27. The van der Waals surface area contributed by atoms with Gasteiger partial charge >= 0.3 is 0 Å². The molecule has 170 valence electrons. The Balaban J connectivity index is 1.05. The van der Waals surface area contributed by atoms with Crippen LogP contribution >= 0.6 is 0 Å². The Morgan fingerprint density at radius 2 is 1.94 bits per heavy atom. The summed E-state index contributed by atoms with van der Waals surface area (Å²) in [5, 5.41) is 17.7. The number of nitrogens with one attached hydrogen (secondary N) is 5. The molecule has 2 aliphatic heterocycles. The monoisotopic (exact) mass is 435 g/mol. The quantitative estimate of drug-likeness (QED) is 0.432. The van der Waals surface area contributed by atoms with E-state index in [1.165, 1.54) is 18.9 Å². The van der Waals surface area contributed by atoms with Crippen molar-refractivity contribution in [1.82, 2.24) is 26.6 Å². The molecule has 0 radical (unpaired) electrons. The summed E-state index contributed by atoms with van der Waals surface area (Å²) in [5.41, 5.74) is -0.0590. The number of benzene rings is 1. The maximum atomic E-state index is 13.2. The molecule has 6 rings (SSSR count). The molecule has 2 heterocycles. The summed E-state index contributed by atoms with van der Waals surface area (Å²) >= 11 is 0. The molecule has 1 amide bonds. The standard InChI is InChI=1S/C22H31F2N5O2/c23-16-4-3-15(6-17(16)24)31-10-20(30)29-22-11-21(12-22,13-22)28-19-9-26-8-18(27-19)14-2-1-5-25-7-14/h3-4,6,14,18-19,25-28H,1-2,5,7-13H2,(H,29,30). The van der Waals surface area contributed by atoms with Crippen LogP contribution < -0.4 is 31.3 Å². The largest absolute Gasteiger partial charge is 0.484 e. The van der Waals surface area contributed by atoms with Crippen molar-refractivity contribution in [2.24, 2.45) is 5.92 Å². The van der Waals surface area contributed by atoms with E-state index in [0.29, 0.717) is 12.0 Å². The topological polar surface area (TPSA) is 86.5 Å². The van der Waals surface area contributed by atoms with Crippen LogP contribution in [-0.4, -0.2) is 62.0 Å². The molecule has 3 unspecified atom stereocenters. The molecule has 5 aliphatic rings. The van der Waals surface area contributed by atoms with Gasteiger partial charge in [0.25, 0.3) is 5.91 Å². The molecule has 2 saturated heterocycles. The summed E-state index contributed by atoms with van der Waals surface area (Å²) in [6.07, 6.45) is 5.48. The van der Waals surface area contributed by atoms with Gasteiger partial charge in [0.15, 0.2) is 18.2 Å². The van der Waals surface area contributed by atoms with Gasteiger partial charge in [-0.1, -0.05) is 0 Å². The van der Waals surface area contributed by atoms with Crippen LogP contribution in [0.15, 0.2) is 18.2 Å². The van der Waals surface area contributed by atoms with Crippen molar-refractivity contribution in [2.75, 3.05) is 32.8 Å². The summed E-state index contributed by atoms with van der Waals surface area (Å²) in [6.45, 7) is 3.91. The lowest BCUT2D eigenvalue weighted by Crippen LogP contribution is -2.85. The number of amides is 1. The Hall–Kier alpha value is -1.81. The van der Waals surface area contributed by atoms with Crippen LogP contribution in [0.1, 0.15) is 32.1 Å². The van der Waals surface area contributed by atoms with E-state index in [-0.39, 0.29) is 35.5 Å². The van der Waals surface area contributed by atoms with Crippen LogP contribution in [0.25, 0.3) is 0 Å². The Morgan fingerprint density at radius 1 is 1.10 bits per heavy atom. The van der Waals surface area contributed by atoms with Gasteiger partial charge in [-0.3, -0.25) is 15.4 Å².